The minimum atomic E-state index is -0.552. The number of nitrogens with zero attached hydrogens (tertiary/aromatic N) is 2. The molecule has 0 aromatic carbocycles. The first-order valence-corrected chi connectivity index (χ1v) is 7.86. The summed E-state index contributed by atoms with van der Waals surface area (Å²) in [6.07, 6.45) is 4.55. The molecule has 21 heavy (non-hydrogen) atoms. The van der Waals surface area contributed by atoms with Crippen molar-refractivity contribution >= 4 is 29.1 Å². The van der Waals surface area contributed by atoms with Gasteiger partial charge in [-0.2, -0.15) is 5.10 Å². The zero-order valence-electron chi connectivity index (χ0n) is 12.1. The lowest BCUT2D eigenvalue weighted by Crippen LogP contribution is -2.45. The summed E-state index contributed by atoms with van der Waals surface area (Å²) in [5.41, 5.74) is -0.552. The molecule has 1 saturated carbocycles. The summed E-state index contributed by atoms with van der Waals surface area (Å²) < 4.78 is 1.03. The number of halogens is 2. The standard InChI is InChI=1S/C14H19Cl2N3O2/c1-8-4-3-5-11(9(8)2)18-12(20)7-19-14(21)13(16)10(15)6-17-19/h6,8-9,11H,3-5,7H2,1-2H3,(H,18,20)/t8-,9+,11+/m0/s1. The molecule has 1 aromatic heterocycles. The summed E-state index contributed by atoms with van der Waals surface area (Å²) in [6, 6.07) is 0.153. The average Bonchev–Trinajstić information content (AvgIpc) is 2.45. The van der Waals surface area contributed by atoms with Crippen LogP contribution in [0.1, 0.15) is 33.1 Å². The number of amides is 1. The maximum absolute atomic E-state index is 12.1. The lowest BCUT2D eigenvalue weighted by molar-refractivity contribution is -0.123. The highest BCUT2D eigenvalue weighted by molar-refractivity contribution is 6.41. The Morgan fingerprint density at radius 2 is 2.14 bits per heavy atom. The molecule has 1 amide bonds. The lowest BCUT2D eigenvalue weighted by Gasteiger charge is -2.34. The van der Waals surface area contributed by atoms with Gasteiger partial charge in [0.05, 0.1) is 11.2 Å². The van der Waals surface area contributed by atoms with Crippen LogP contribution in [0.2, 0.25) is 10.0 Å². The Morgan fingerprint density at radius 1 is 1.43 bits per heavy atom. The van der Waals surface area contributed by atoms with E-state index in [9.17, 15) is 9.59 Å². The van der Waals surface area contributed by atoms with Gasteiger partial charge in [-0.05, 0) is 18.3 Å². The van der Waals surface area contributed by atoms with Gasteiger partial charge in [-0.3, -0.25) is 9.59 Å². The van der Waals surface area contributed by atoms with Gasteiger partial charge in [0.25, 0.3) is 5.56 Å². The van der Waals surface area contributed by atoms with E-state index in [1.807, 2.05) is 0 Å². The highest BCUT2D eigenvalue weighted by atomic mass is 35.5. The Kier molecular flexibility index (Phi) is 5.27. The predicted octanol–water partition coefficient (Wildman–Crippen LogP) is 2.49. The number of carbonyl (C=O) groups is 1. The molecule has 3 atom stereocenters. The van der Waals surface area contributed by atoms with Crippen LogP contribution in [-0.2, 0) is 11.3 Å². The molecule has 2 rings (SSSR count). The van der Waals surface area contributed by atoms with Crippen LogP contribution in [0.4, 0.5) is 0 Å². The largest absolute Gasteiger partial charge is 0.351 e. The molecule has 1 heterocycles. The number of aromatic nitrogens is 2. The van der Waals surface area contributed by atoms with E-state index in [-0.39, 0.29) is 28.5 Å². The highest BCUT2D eigenvalue weighted by Crippen LogP contribution is 2.29. The third kappa shape index (κ3) is 3.77. The van der Waals surface area contributed by atoms with Crippen LogP contribution < -0.4 is 10.9 Å². The van der Waals surface area contributed by atoms with Crippen LogP contribution in [0.15, 0.2) is 11.0 Å². The molecular weight excluding hydrogens is 313 g/mol. The number of rotatable bonds is 3. The predicted molar refractivity (Wildman–Crippen MR) is 82.6 cm³/mol. The summed E-state index contributed by atoms with van der Waals surface area (Å²) in [5.74, 6) is 0.796. The molecule has 1 N–H and O–H groups in total. The maximum Gasteiger partial charge on any atom is 0.287 e. The first-order chi connectivity index (χ1) is 9.90. The van der Waals surface area contributed by atoms with Crippen molar-refractivity contribution in [3.05, 3.63) is 26.6 Å². The van der Waals surface area contributed by atoms with Crippen molar-refractivity contribution in [2.24, 2.45) is 11.8 Å². The molecule has 1 fully saturated rings. The van der Waals surface area contributed by atoms with E-state index in [2.05, 4.69) is 24.3 Å². The maximum atomic E-state index is 12.1. The van der Waals surface area contributed by atoms with Gasteiger partial charge >= 0.3 is 0 Å². The molecular formula is C14H19Cl2N3O2. The zero-order chi connectivity index (χ0) is 15.6. The number of nitrogens with one attached hydrogen (secondary N) is 1. The highest BCUT2D eigenvalue weighted by Gasteiger charge is 2.28. The second-order valence-corrected chi connectivity index (χ2v) is 6.50. The van der Waals surface area contributed by atoms with Crippen molar-refractivity contribution in [2.45, 2.75) is 45.7 Å². The summed E-state index contributed by atoms with van der Waals surface area (Å²) in [7, 11) is 0. The Hall–Kier alpha value is -1.07. The van der Waals surface area contributed by atoms with Gasteiger partial charge in [0.2, 0.25) is 5.91 Å². The minimum absolute atomic E-state index is 0.0908. The molecule has 116 valence electrons. The van der Waals surface area contributed by atoms with Gasteiger partial charge in [0, 0.05) is 6.04 Å². The first-order valence-electron chi connectivity index (χ1n) is 7.10. The van der Waals surface area contributed by atoms with Crippen molar-refractivity contribution in [1.29, 1.82) is 0 Å². The van der Waals surface area contributed by atoms with Gasteiger partial charge in [0.15, 0.2) is 0 Å². The van der Waals surface area contributed by atoms with Crippen LogP contribution in [0, 0.1) is 11.8 Å². The van der Waals surface area contributed by atoms with Crippen LogP contribution in [-0.4, -0.2) is 21.7 Å². The molecule has 0 unspecified atom stereocenters. The fourth-order valence-electron chi connectivity index (χ4n) is 2.73. The fraction of sp³-hybridized carbons (Fsp3) is 0.643. The van der Waals surface area contributed by atoms with E-state index < -0.39 is 5.56 Å². The molecule has 1 aliphatic carbocycles. The van der Waals surface area contributed by atoms with Gasteiger partial charge in [0.1, 0.15) is 11.6 Å². The normalized spacial score (nSPS) is 25.6. The van der Waals surface area contributed by atoms with Crippen molar-refractivity contribution < 1.29 is 4.79 Å². The molecule has 0 aliphatic heterocycles. The zero-order valence-corrected chi connectivity index (χ0v) is 13.6. The smallest absolute Gasteiger partial charge is 0.287 e. The fourth-order valence-corrected chi connectivity index (χ4v) is 3.00. The number of hydrogen-bond donors (Lipinski definition) is 1. The quantitative estimate of drug-likeness (QED) is 0.925. The first kappa shape index (κ1) is 16.3. The number of carbonyl (C=O) groups excluding carboxylic acids is 1. The summed E-state index contributed by atoms with van der Waals surface area (Å²) in [6.45, 7) is 4.21. The van der Waals surface area contributed by atoms with E-state index in [1.54, 1.807) is 0 Å². The van der Waals surface area contributed by atoms with Gasteiger partial charge in [-0.25, -0.2) is 4.68 Å². The molecule has 0 spiro atoms. The Balaban J connectivity index is 2.02. The molecule has 0 saturated heterocycles. The van der Waals surface area contributed by atoms with Crippen molar-refractivity contribution in [2.75, 3.05) is 0 Å². The molecule has 1 aliphatic rings. The molecule has 5 nitrogen and oxygen atoms in total. The molecule has 0 bridgehead atoms. The van der Waals surface area contributed by atoms with E-state index >= 15 is 0 Å². The van der Waals surface area contributed by atoms with Crippen LogP contribution >= 0.6 is 23.2 Å². The van der Waals surface area contributed by atoms with Gasteiger partial charge in [-0.15, -0.1) is 0 Å². The van der Waals surface area contributed by atoms with E-state index in [0.29, 0.717) is 11.8 Å². The molecule has 0 radical (unpaired) electrons. The minimum Gasteiger partial charge on any atom is -0.351 e. The Morgan fingerprint density at radius 3 is 2.86 bits per heavy atom. The van der Waals surface area contributed by atoms with Crippen LogP contribution in [0.25, 0.3) is 0 Å². The van der Waals surface area contributed by atoms with Gasteiger partial charge < -0.3 is 5.32 Å². The second-order valence-electron chi connectivity index (χ2n) is 5.71. The Labute approximate surface area is 133 Å². The van der Waals surface area contributed by atoms with E-state index in [4.69, 9.17) is 23.2 Å². The second kappa shape index (κ2) is 6.79. The third-order valence-corrected chi connectivity index (χ3v) is 5.04. The average molecular weight is 332 g/mol. The Bertz CT molecular complexity index is 588. The monoisotopic (exact) mass is 331 g/mol. The summed E-state index contributed by atoms with van der Waals surface area (Å²) in [5, 5.41) is 6.81. The summed E-state index contributed by atoms with van der Waals surface area (Å²) >= 11 is 11.5. The number of hydrogen-bond acceptors (Lipinski definition) is 3. The molecule has 7 heteroatoms. The van der Waals surface area contributed by atoms with Crippen molar-refractivity contribution in [3.8, 4) is 0 Å². The van der Waals surface area contributed by atoms with Gasteiger partial charge in [-0.1, -0.05) is 49.9 Å². The van der Waals surface area contributed by atoms with E-state index in [0.717, 1.165) is 17.5 Å². The van der Waals surface area contributed by atoms with Crippen LogP contribution in [0.3, 0.4) is 0 Å². The van der Waals surface area contributed by atoms with E-state index in [1.165, 1.54) is 12.6 Å². The topological polar surface area (TPSA) is 64.0 Å². The lowest BCUT2D eigenvalue weighted by atomic mass is 9.78. The van der Waals surface area contributed by atoms with Crippen molar-refractivity contribution in [1.82, 2.24) is 15.1 Å². The molecule has 1 aromatic rings. The van der Waals surface area contributed by atoms with Crippen LogP contribution in [0.5, 0.6) is 0 Å². The van der Waals surface area contributed by atoms with Crippen molar-refractivity contribution in [3.63, 3.8) is 0 Å². The SMILES string of the molecule is C[C@@H]1[C@@H](C)CCC[C@H]1NC(=O)Cn1ncc(Cl)c(Cl)c1=O. The summed E-state index contributed by atoms with van der Waals surface area (Å²) in [4.78, 5) is 23.9. The third-order valence-electron chi connectivity index (χ3n) is 4.29.